The van der Waals surface area contributed by atoms with Gasteiger partial charge in [-0.3, -0.25) is 19.2 Å². The molecule has 0 aromatic rings. The van der Waals surface area contributed by atoms with Gasteiger partial charge in [0.25, 0.3) is 0 Å². The first-order valence-corrected chi connectivity index (χ1v) is 22.0. The summed E-state index contributed by atoms with van der Waals surface area (Å²) in [7, 11) is -3.61. The summed E-state index contributed by atoms with van der Waals surface area (Å²) in [5.41, 5.74) is -0.807. The molecule has 0 aromatic carbocycles. The van der Waals surface area contributed by atoms with E-state index in [2.05, 4.69) is 60.7 Å². The Hall–Kier alpha value is -2.76. The van der Waals surface area contributed by atoms with E-state index in [1.54, 1.807) is 20.8 Å². The number of amides is 2. The van der Waals surface area contributed by atoms with Crippen LogP contribution in [0.25, 0.3) is 0 Å². The van der Waals surface area contributed by atoms with Crippen molar-refractivity contribution in [1.29, 1.82) is 0 Å². The van der Waals surface area contributed by atoms with Gasteiger partial charge in [-0.1, -0.05) is 80.4 Å². The molecule has 4 rings (SSSR count). The number of carbonyl (C=O) groups is 5. The maximum atomic E-state index is 13.8. The van der Waals surface area contributed by atoms with Gasteiger partial charge >= 0.3 is 12.1 Å². The van der Waals surface area contributed by atoms with Crippen LogP contribution in [-0.2, 0) is 38.5 Å². The molecule has 0 unspecified atom stereocenters. The fraction of sp³-hybridized carbons (Fsp3) is 0.833. The number of carbonyl (C=O) groups excluding carboxylic acids is 5. The Labute approximate surface area is 326 Å². The molecule has 0 aromatic heterocycles. The molecular weight excluding hydrogens is 709 g/mol. The Morgan fingerprint density at radius 2 is 1.56 bits per heavy atom. The highest BCUT2D eigenvalue weighted by atomic mass is 32.2. The predicted molar refractivity (Wildman–Crippen MR) is 212 cm³/mol. The maximum Gasteiger partial charge on any atom is 0.408 e. The van der Waals surface area contributed by atoms with Crippen LogP contribution >= 0.6 is 0 Å². The number of esters is 1. The number of ether oxygens (including phenoxy) is 2. The lowest BCUT2D eigenvalue weighted by Crippen LogP contribution is -2.52. The van der Waals surface area contributed by atoms with Crippen molar-refractivity contribution >= 4 is 39.4 Å². The van der Waals surface area contributed by atoms with E-state index in [1.165, 1.54) is 24.7 Å². The number of nitrogens with one attached hydrogen (secondary N) is 1. The van der Waals surface area contributed by atoms with E-state index in [0.717, 1.165) is 37.4 Å². The lowest BCUT2D eigenvalue weighted by Gasteiger charge is -2.30. The third-order valence-corrected chi connectivity index (χ3v) is 11.9. The molecule has 54 heavy (non-hydrogen) atoms. The molecular formula is C42H72N2O9S. The van der Waals surface area contributed by atoms with Crippen LogP contribution in [0.2, 0.25) is 0 Å². The van der Waals surface area contributed by atoms with Gasteiger partial charge in [0.15, 0.2) is 21.4 Å². The van der Waals surface area contributed by atoms with Gasteiger partial charge in [-0.15, -0.1) is 0 Å². The summed E-state index contributed by atoms with van der Waals surface area (Å²) in [6.45, 7) is 24.6. The Balaban J connectivity index is 0.000000601. The molecule has 2 saturated carbocycles. The van der Waals surface area contributed by atoms with Gasteiger partial charge in [0.05, 0.1) is 12.6 Å². The highest BCUT2D eigenvalue weighted by molar-refractivity contribution is 7.91. The minimum Gasteiger partial charge on any atom is -0.461 e. The number of alkyl carbamates (subject to hydrolysis) is 1. The number of Topliss-reactive ketones (excluding diaryl/α,β-unsaturated/α-hetero) is 2. The Kier molecular flexibility index (Phi) is 16.6. The van der Waals surface area contributed by atoms with Crippen molar-refractivity contribution in [2.75, 3.05) is 18.6 Å². The average molecular weight is 781 g/mol. The Bertz CT molecular complexity index is 1450. The lowest BCUT2D eigenvalue weighted by atomic mass is 9.84. The van der Waals surface area contributed by atoms with Gasteiger partial charge < -0.3 is 19.7 Å². The van der Waals surface area contributed by atoms with Crippen molar-refractivity contribution in [2.45, 2.75) is 171 Å². The van der Waals surface area contributed by atoms with E-state index >= 15 is 0 Å². The Morgan fingerprint density at radius 1 is 0.963 bits per heavy atom. The summed E-state index contributed by atoms with van der Waals surface area (Å²) in [6, 6.07) is -1.95. The molecule has 1 N–H and O–H groups in total. The van der Waals surface area contributed by atoms with Crippen LogP contribution in [0.4, 0.5) is 4.79 Å². The minimum absolute atomic E-state index is 0.0328. The summed E-state index contributed by atoms with van der Waals surface area (Å²) >= 11 is 0. The van der Waals surface area contributed by atoms with Crippen LogP contribution < -0.4 is 5.32 Å². The Morgan fingerprint density at radius 3 is 2.02 bits per heavy atom. The van der Waals surface area contributed by atoms with Gasteiger partial charge in [0, 0.05) is 31.4 Å². The van der Waals surface area contributed by atoms with E-state index in [9.17, 15) is 32.4 Å². The first-order valence-electron chi connectivity index (χ1n) is 19.9. The zero-order chi connectivity index (χ0) is 41.4. The first-order chi connectivity index (χ1) is 24.6. The summed E-state index contributed by atoms with van der Waals surface area (Å²) in [5, 5.41) is 2.66. The standard InChI is InChI=1S/C28H42N2O9S.C7H14.C7H16/c1-18(31)38-20-13-22-23(32)15-28(24(33)17-40(5,36)37)14-19(28)11-9-7-6-8-10-12-21(25(34)30(22)16-20)29-26(35)39-27(2,3)4;1-7(2,3)6-4-5-6;1-6(2)7(3,4)5/h9,11,19-22H,6-8,10,12-17H2,1-5H3,(H,29,35);6H,4-5H2,1-3H3;6H,1-5H3/b11-9-;;/t19-,20-,21+,22+,28-;;/m1../s1. The van der Waals surface area contributed by atoms with Crippen molar-refractivity contribution in [2.24, 2.45) is 34.0 Å². The lowest BCUT2D eigenvalue weighted by molar-refractivity contribution is -0.146. The first kappa shape index (κ1) is 47.4. The van der Waals surface area contributed by atoms with Gasteiger partial charge in [-0.05, 0) is 87.9 Å². The molecule has 2 amide bonds. The number of fused-ring (bicyclic) bond motifs is 2. The van der Waals surface area contributed by atoms with Crippen LogP contribution in [0.5, 0.6) is 0 Å². The SMILES string of the molecule is CC(=O)O[C@@H]1C[C@H]2C(=O)C[C@]3(C(=O)CS(C)(=O)=O)C[C@H]3/C=C\CCCCC[C@H](NC(=O)OC(C)(C)C)C(=O)N2C1.CC(C)(C)C1CC1.CC(C)C(C)(C)C. The van der Waals surface area contributed by atoms with Crippen molar-refractivity contribution in [3.63, 3.8) is 0 Å². The molecule has 3 fully saturated rings. The van der Waals surface area contributed by atoms with Crippen LogP contribution in [0, 0.1) is 34.0 Å². The van der Waals surface area contributed by atoms with Crippen molar-refractivity contribution < 1.29 is 41.9 Å². The van der Waals surface area contributed by atoms with E-state index in [4.69, 9.17) is 9.47 Å². The van der Waals surface area contributed by atoms with Crippen molar-refractivity contribution in [1.82, 2.24) is 10.2 Å². The normalized spacial score (nSPS) is 27.3. The number of sulfone groups is 1. The third-order valence-electron chi connectivity index (χ3n) is 11.1. The smallest absolute Gasteiger partial charge is 0.408 e. The second kappa shape index (κ2) is 18.9. The second-order valence-corrected chi connectivity index (χ2v) is 21.6. The molecule has 4 aliphatic rings. The van der Waals surface area contributed by atoms with Crippen LogP contribution in [-0.4, -0.2) is 85.2 Å². The van der Waals surface area contributed by atoms with E-state index in [-0.39, 0.29) is 25.3 Å². The van der Waals surface area contributed by atoms with Crippen LogP contribution in [0.1, 0.15) is 147 Å². The highest BCUT2D eigenvalue weighted by Crippen LogP contribution is 2.57. The van der Waals surface area contributed by atoms with E-state index in [1.807, 2.05) is 12.2 Å². The average Bonchev–Trinajstić information content (AvgIpc) is 3.90. The molecule has 2 heterocycles. The second-order valence-electron chi connectivity index (χ2n) is 19.5. The predicted octanol–water partition coefficient (Wildman–Crippen LogP) is 7.64. The summed E-state index contributed by atoms with van der Waals surface area (Å²) in [4.78, 5) is 66.4. The number of ketones is 2. The van der Waals surface area contributed by atoms with E-state index in [0.29, 0.717) is 30.1 Å². The summed E-state index contributed by atoms with van der Waals surface area (Å²) in [5.74, 6) is -1.01. The number of hydrogen-bond donors (Lipinski definition) is 1. The topological polar surface area (TPSA) is 153 Å². The number of rotatable bonds is 5. The molecule has 11 nitrogen and oxygen atoms in total. The van der Waals surface area contributed by atoms with Gasteiger partial charge in [-0.2, -0.15) is 0 Å². The molecule has 2 aliphatic heterocycles. The van der Waals surface area contributed by atoms with Gasteiger partial charge in [-0.25, -0.2) is 13.2 Å². The molecule has 0 bridgehead atoms. The maximum absolute atomic E-state index is 13.8. The molecule has 12 heteroatoms. The van der Waals surface area contributed by atoms with Crippen molar-refractivity contribution in [3.05, 3.63) is 12.2 Å². The van der Waals surface area contributed by atoms with Gasteiger partial charge in [0.1, 0.15) is 23.5 Å². The van der Waals surface area contributed by atoms with Crippen LogP contribution in [0.3, 0.4) is 0 Å². The van der Waals surface area contributed by atoms with Gasteiger partial charge in [0.2, 0.25) is 5.91 Å². The van der Waals surface area contributed by atoms with Crippen molar-refractivity contribution in [3.8, 4) is 0 Å². The highest BCUT2D eigenvalue weighted by Gasteiger charge is 2.60. The molecule has 0 radical (unpaired) electrons. The number of allylic oxidation sites excluding steroid dienone is 2. The fourth-order valence-corrected chi connectivity index (χ4v) is 7.35. The quantitative estimate of drug-likeness (QED) is 0.219. The molecule has 0 spiro atoms. The van der Waals surface area contributed by atoms with Crippen LogP contribution in [0.15, 0.2) is 12.2 Å². The minimum atomic E-state index is -3.61. The third kappa shape index (κ3) is 16.1. The fourth-order valence-electron chi connectivity index (χ4n) is 6.59. The monoisotopic (exact) mass is 780 g/mol. The molecule has 1 saturated heterocycles. The molecule has 310 valence electrons. The van der Waals surface area contributed by atoms with E-state index < -0.39 is 74.3 Å². The summed E-state index contributed by atoms with van der Waals surface area (Å²) in [6.07, 6.45) is 9.83. The zero-order valence-corrected chi connectivity index (χ0v) is 36.5. The zero-order valence-electron chi connectivity index (χ0n) is 35.6. The summed E-state index contributed by atoms with van der Waals surface area (Å²) < 4.78 is 34.6. The number of nitrogens with zero attached hydrogens (tertiary/aromatic N) is 1. The molecule has 5 atom stereocenters. The molecule has 2 aliphatic carbocycles. The largest absolute Gasteiger partial charge is 0.461 e. The number of hydrogen-bond acceptors (Lipinski definition) is 9.